The van der Waals surface area contributed by atoms with Gasteiger partial charge in [0, 0.05) is 10.9 Å². The van der Waals surface area contributed by atoms with Gasteiger partial charge < -0.3 is 15.8 Å². The van der Waals surface area contributed by atoms with Gasteiger partial charge in [-0.1, -0.05) is 19.1 Å². The normalized spacial score (nSPS) is 26.4. The molecule has 1 aromatic carbocycles. The van der Waals surface area contributed by atoms with Gasteiger partial charge in [0.2, 0.25) is 5.91 Å². The molecule has 104 valence electrons. The molecule has 2 unspecified atom stereocenters. The summed E-state index contributed by atoms with van der Waals surface area (Å²) in [5.41, 5.74) is 6.17. The summed E-state index contributed by atoms with van der Waals surface area (Å²) in [6.07, 6.45) is 0. The van der Waals surface area contributed by atoms with Gasteiger partial charge in [-0.3, -0.25) is 4.79 Å². The number of hydrogen-bond acceptors (Lipinski definition) is 4. The number of para-hydroxylation sites is 1. The molecule has 1 aromatic rings. The topological polar surface area (TPSA) is 64.3 Å². The zero-order valence-electron chi connectivity index (χ0n) is 11.3. The molecule has 1 saturated heterocycles. The monoisotopic (exact) mass is 280 g/mol. The van der Waals surface area contributed by atoms with Crippen molar-refractivity contribution in [1.82, 2.24) is 0 Å². The molecule has 0 saturated carbocycles. The van der Waals surface area contributed by atoms with Crippen LogP contribution in [-0.2, 0) is 9.53 Å². The highest BCUT2D eigenvalue weighted by Gasteiger charge is 2.44. The number of carbonyl (C=O) groups excluding carboxylic acids is 1. The fourth-order valence-corrected chi connectivity index (χ4v) is 2.80. The number of nitrogens with two attached hydrogens (primary N) is 1. The van der Waals surface area contributed by atoms with Crippen LogP contribution in [0.1, 0.15) is 13.8 Å². The first-order valence-corrected chi connectivity index (χ1v) is 7.43. The molecule has 1 heterocycles. The van der Waals surface area contributed by atoms with Crippen LogP contribution in [0, 0.1) is 5.41 Å². The van der Waals surface area contributed by atoms with Crippen molar-refractivity contribution in [3.8, 4) is 0 Å². The van der Waals surface area contributed by atoms with Gasteiger partial charge in [-0.05, 0) is 24.8 Å². The third-order valence-electron chi connectivity index (χ3n) is 3.47. The van der Waals surface area contributed by atoms with Crippen molar-refractivity contribution in [3.63, 3.8) is 0 Å². The molecular weight excluding hydrogens is 260 g/mol. The van der Waals surface area contributed by atoms with Gasteiger partial charge in [0.25, 0.3) is 0 Å². The molecule has 1 aliphatic rings. The minimum Gasteiger partial charge on any atom is -0.379 e. The number of thioether (sulfide) groups is 1. The summed E-state index contributed by atoms with van der Waals surface area (Å²) < 4.78 is 5.32. The summed E-state index contributed by atoms with van der Waals surface area (Å²) in [7, 11) is 0. The van der Waals surface area contributed by atoms with Crippen molar-refractivity contribution in [1.29, 1.82) is 0 Å². The first kappa shape index (κ1) is 14.4. The highest BCUT2D eigenvalue weighted by Crippen LogP contribution is 2.31. The summed E-state index contributed by atoms with van der Waals surface area (Å²) in [4.78, 5) is 13.5. The van der Waals surface area contributed by atoms with E-state index in [1.54, 1.807) is 11.8 Å². The molecule has 1 aliphatic heterocycles. The molecule has 2 atom stereocenters. The van der Waals surface area contributed by atoms with E-state index in [1.807, 2.05) is 31.2 Å². The van der Waals surface area contributed by atoms with E-state index >= 15 is 0 Å². The Morgan fingerprint density at radius 2 is 2.32 bits per heavy atom. The van der Waals surface area contributed by atoms with Gasteiger partial charge in [0.1, 0.15) is 0 Å². The maximum absolute atomic E-state index is 12.4. The van der Waals surface area contributed by atoms with Gasteiger partial charge in [-0.25, -0.2) is 0 Å². The Bertz CT molecular complexity index is 467. The number of nitrogens with one attached hydrogen (secondary N) is 1. The lowest BCUT2D eigenvalue weighted by atomic mass is 9.85. The van der Waals surface area contributed by atoms with Crippen LogP contribution in [0.2, 0.25) is 0 Å². The van der Waals surface area contributed by atoms with Crippen LogP contribution in [0.5, 0.6) is 0 Å². The highest BCUT2D eigenvalue weighted by molar-refractivity contribution is 7.99. The number of benzene rings is 1. The number of carbonyl (C=O) groups is 1. The van der Waals surface area contributed by atoms with Gasteiger partial charge >= 0.3 is 0 Å². The molecule has 1 amide bonds. The number of ether oxygens (including phenoxy) is 1. The lowest BCUT2D eigenvalue weighted by molar-refractivity contribution is -0.125. The Morgan fingerprint density at radius 1 is 1.58 bits per heavy atom. The van der Waals surface area contributed by atoms with Gasteiger partial charge in [-0.15, -0.1) is 11.8 Å². The van der Waals surface area contributed by atoms with Crippen LogP contribution in [0.3, 0.4) is 0 Å². The molecule has 19 heavy (non-hydrogen) atoms. The van der Waals surface area contributed by atoms with E-state index < -0.39 is 5.41 Å². The van der Waals surface area contributed by atoms with Gasteiger partial charge in [0.05, 0.1) is 24.3 Å². The highest BCUT2D eigenvalue weighted by atomic mass is 32.2. The molecule has 0 aliphatic carbocycles. The molecule has 3 N–H and O–H groups in total. The molecule has 0 aromatic heterocycles. The van der Waals surface area contributed by atoms with Gasteiger partial charge in [-0.2, -0.15) is 0 Å². The fraction of sp³-hybridized carbons (Fsp3) is 0.500. The van der Waals surface area contributed by atoms with Crippen molar-refractivity contribution in [3.05, 3.63) is 24.3 Å². The fourth-order valence-electron chi connectivity index (χ4n) is 2.04. The summed E-state index contributed by atoms with van der Waals surface area (Å²) in [6, 6.07) is 7.57. The SMILES string of the molecule is CCSc1ccccc1NC(=O)C1(C)COCC1N. The minimum absolute atomic E-state index is 0.0679. The molecule has 0 spiro atoms. The molecule has 4 nitrogen and oxygen atoms in total. The molecule has 0 radical (unpaired) electrons. The quantitative estimate of drug-likeness (QED) is 0.829. The lowest BCUT2D eigenvalue weighted by Gasteiger charge is -2.25. The molecule has 2 rings (SSSR count). The van der Waals surface area contributed by atoms with Crippen LogP contribution in [0.15, 0.2) is 29.2 Å². The maximum Gasteiger partial charge on any atom is 0.234 e. The Morgan fingerprint density at radius 3 is 2.95 bits per heavy atom. The Labute approximate surface area is 118 Å². The van der Waals surface area contributed by atoms with Crippen LogP contribution >= 0.6 is 11.8 Å². The van der Waals surface area contributed by atoms with Crippen molar-refractivity contribution in [2.24, 2.45) is 11.1 Å². The Hall–Kier alpha value is -1.04. The zero-order chi connectivity index (χ0) is 13.9. The second kappa shape index (κ2) is 5.94. The molecule has 5 heteroatoms. The number of anilines is 1. The van der Waals surface area contributed by atoms with Crippen LogP contribution in [0.4, 0.5) is 5.69 Å². The lowest BCUT2D eigenvalue weighted by Crippen LogP contribution is -2.47. The average Bonchev–Trinajstić information content (AvgIpc) is 2.74. The van der Waals surface area contributed by atoms with Crippen LogP contribution in [-0.4, -0.2) is 30.9 Å². The minimum atomic E-state index is -0.649. The third-order valence-corrected chi connectivity index (χ3v) is 4.43. The van der Waals surface area contributed by atoms with E-state index in [2.05, 4.69) is 12.2 Å². The van der Waals surface area contributed by atoms with E-state index in [-0.39, 0.29) is 11.9 Å². The zero-order valence-corrected chi connectivity index (χ0v) is 12.1. The predicted octanol–water partition coefficient (Wildman–Crippen LogP) is 2.10. The standard InChI is InChI=1S/C14H20N2O2S/c1-3-19-11-7-5-4-6-10(11)16-13(17)14(2)9-18-8-12(14)15/h4-7,12H,3,8-9,15H2,1-2H3,(H,16,17). The molecular formula is C14H20N2O2S. The van der Waals surface area contributed by atoms with Crippen LogP contribution in [0.25, 0.3) is 0 Å². The molecule has 0 bridgehead atoms. The Kier molecular flexibility index (Phi) is 4.50. The van der Waals surface area contributed by atoms with Crippen molar-refractivity contribution in [2.45, 2.75) is 24.8 Å². The van der Waals surface area contributed by atoms with Crippen LogP contribution < -0.4 is 11.1 Å². The second-order valence-electron chi connectivity index (χ2n) is 4.92. The predicted molar refractivity (Wildman–Crippen MR) is 78.4 cm³/mol. The van der Waals surface area contributed by atoms with E-state index in [4.69, 9.17) is 10.5 Å². The number of rotatable bonds is 4. The average molecular weight is 280 g/mol. The van der Waals surface area contributed by atoms with Gasteiger partial charge in [0.15, 0.2) is 0 Å². The second-order valence-corrected chi connectivity index (χ2v) is 6.23. The van der Waals surface area contributed by atoms with Crippen molar-refractivity contribution >= 4 is 23.4 Å². The third kappa shape index (κ3) is 2.94. The number of hydrogen-bond donors (Lipinski definition) is 2. The van der Waals surface area contributed by atoms with E-state index in [9.17, 15) is 4.79 Å². The summed E-state index contributed by atoms with van der Waals surface area (Å²) in [6.45, 7) is 4.76. The largest absolute Gasteiger partial charge is 0.379 e. The first-order valence-electron chi connectivity index (χ1n) is 6.44. The number of amides is 1. The first-order chi connectivity index (χ1) is 9.08. The van der Waals surface area contributed by atoms with Crippen molar-refractivity contribution in [2.75, 3.05) is 24.3 Å². The summed E-state index contributed by atoms with van der Waals surface area (Å²) >= 11 is 1.71. The van der Waals surface area contributed by atoms with E-state index in [1.165, 1.54) is 0 Å². The summed E-state index contributed by atoms with van der Waals surface area (Å²) in [5.74, 6) is 0.897. The molecule has 1 fully saturated rings. The summed E-state index contributed by atoms with van der Waals surface area (Å²) in [5, 5.41) is 2.99. The maximum atomic E-state index is 12.4. The van der Waals surface area contributed by atoms with E-state index in [0.717, 1.165) is 16.3 Å². The van der Waals surface area contributed by atoms with Crippen molar-refractivity contribution < 1.29 is 9.53 Å². The smallest absolute Gasteiger partial charge is 0.234 e. The van der Waals surface area contributed by atoms with E-state index in [0.29, 0.717) is 13.2 Å². The Balaban J connectivity index is 2.15.